The predicted octanol–water partition coefficient (Wildman–Crippen LogP) is 3.18. The largest absolute Gasteiger partial charge is 0.352 e. The summed E-state index contributed by atoms with van der Waals surface area (Å²) in [5, 5.41) is 13.3. The Morgan fingerprint density at radius 2 is 1.77 bits per heavy atom. The summed E-state index contributed by atoms with van der Waals surface area (Å²) < 4.78 is 0. The number of nitrogens with zero attached hydrogens (tertiary/aromatic N) is 1. The van der Waals surface area contributed by atoms with Crippen molar-refractivity contribution < 1.29 is 14.8 Å². The third-order valence-electron chi connectivity index (χ3n) is 4.28. The highest BCUT2D eigenvalue weighted by atomic mass is 16.5. The molecule has 6 nitrogen and oxygen atoms in total. The number of para-hydroxylation sites is 2. The average molecular weight is 351 g/mol. The average Bonchev–Trinajstić information content (AvgIpc) is 2.68. The molecular weight excluding hydrogens is 330 g/mol. The lowest BCUT2D eigenvalue weighted by molar-refractivity contribution is -0.129. The van der Waals surface area contributed by atoms with E-state index in [2.05, 4.69) is 10.3 Å². The zero-order valence-electron chi connectivity index (χ0n) is 14.4. The minimum Gasteiger partial charge on any atom is -0.352 e. The number of pyridine rings is 1. The van der Waals surface area contributed by atoms with Gasteiger partial charge in [-0.25, -0.2) is 10.5 Å². The van der Waals surface area contributed by atoms with Gasteiger partial charge in [-0.1, -0.05) is 36.8 Å². The number of hydrogen-bond acceptors (Lipinski definition) is 4. The first-order valence-corrected chi connectivity index (χ1v) is 8.68. The first-order chi connectivity index (χ1) is 12.7. The number of hydroxylamine groups is 1. The van der Waals surface area contributed by atoms with Crippen LogP contribution in [0.3, 0.4) is 0 Å². The van der Waals surface area contributed by atoms with Gasteiger partial charge in [0.2, 0.25) is 5.91 Å². The maximum atomic E-state index is 12.5. The zero-order valence-corrected chi connectivity index (χ0v) is 14.4. The molecule has 0 saturated carbocycles. The highest BCUT2D eigenvalue weighted by molar-refractivity contribution is 6.07. The molecular formula is C20H21N3O3. The summed E-state index contributed by atoms with van der Waals surface area (Å²) in [7, 11) is 0. The molecule has 6 heteroatoms. The molecule has 3 rings (SSSR count). The normalized spacial score (nSPS) is 10.8. The minimum atomic E-state index is -0.386. The molecule has 26 heavy (non-hydrogen) atoms. The van der Waals surface area contributed by atoms with Crippen molar-refractivity contribution in [1.82, 2.24) is 15.8 Å². The molecule has 0 aliphatic heterocycles. The number of hydrogen-bond donors (Lipinski definition) is 3. The van der Waals surface area contributed by atoms with Gasteiger partial charge >= 0.3 is 0 Å². The Labute approximate surface area is 151 Å². The maximum absolute atomic E-state index is 12.5. The van der Waals surface area contributed by atoms with E-state index in [0.29, 0.717) is 24.0 Å². The molecule has 2 amide bonds. The first-order valence-electron chi connectivity index (χ1n) is 8.68. The Kier molecular flexibility index (Phi) is 5.76. The summed E-state index contributed by atoms with van der Waals surface area (Å²) in [5.74, 6) is -0.533. The number of aromatic nitrogens is 1. The number of benzene rings is 2. The van der Waals surface area contributed by atoms with Crippen molar-refractivity contribution in [2.24, 2.45) is 0 Å². The van der Waals surface area contributed by atoms with Gasteiger partial charge in [0.1, 0.15) is 0 Å². The van der Waals surface area contributed by atoms with Crippen LogP contribution in [0.5, 0.6) is 0 Å². The van der Waals surface area contributed by atoms with Crippen molar-refractivity contribution in [3.8, 4) is 0 Å². The van der Waals surface area contributed by atoms with Gasteiger partial charge in [-0.15, -0.1) is 0 Å². The minimum absolute atomic E-state index is 0.147. The SMILES string of the molecule is O=C(CCCCCNC(=O)c1cccc2cc3ccccc3nc12)NO. The lowest BCUT2D eigenvalue weighted by atomic mass is 10.1. The number of nitrogens with one attached hydrogen (secondary N) is 2. The van der Waals surface area contributed by atoms with Crippen molar-refractivity contribution in [2.75, 3.05) is 6.54 Å². The molecule has 0 saturated heterocycles. The van der Waals surface area contributed by atoms with Crippen LogP contribution in [-0.2, 0) is 4.79 Å². The van der Waals surface area contributed by atoms with E-state index in [9.17, 15) is 9.59 Å². The zero-order chi connectivity index (χ0) is 18.4. The van der Waals surface area contributed by atoms with Crippen molar-refractivity contribution in [2.45, 2.75) is 25.7 Å². The van der Waals surface area contributed by atoms with E-state index in [1.54, 1.807) is 11.5 Å². The summed E-state index contributed by atoms with van der Waals surface area (Å²) in [6.45, 7) is 0.531. The second kappa shape index (κ2) is 8.40. The van der Waals surface area contributed by atoms with Crippen molar-refractivity contribution in [1.29, 1.82) is 0 Å². The molecule has 0 radical (unpaired) electrons. The number of unbranched alkanes of at least 4 members (excludes halogenated alkanes) is 2. The lowest BCUT2D eigenvalue weighted by Crippen LogP contribution is -2.25. The Bertz CT molecular complexity index is 940. The number of rotatable bonds is 7. The molecule has 3 aromatic rings. The molecule has 0 fully saturated rings. The van der Waals surface area contributed by atoms with Crippen LogP contribution in [0, 0.1) is 0 Å². The van der Waals surface area contributed by atoms with E-state index < -0.39 is 0 Å². The second-order valence-corrected chi connectivity index (χ2v) is 6.16. The maximum Gasteiger partial charge on any atom is 0.253 e. The molecule has 134 valence electrons. The van der Waals surface area contributed by atoms with Crippen LogP contribution in [0.25, 0.3) is 21.8 Å². The summed E-state index contributed by atoms with van der Waals surface area (Å²) in [6, 6.07) is 15.5. The molecule has 0 aliphatic rings. The summed E-state index contributed by atoms with van der Waals surface area (Å²) in [4.78, 5) is 28.1. The summed E-state index contributed by atoms with van der Waals surface area (Å²) in [5.41, 5.74) is 3.73. The van der Waals surface area contributed by atoms with Gasteiger partial charge in [-0.05, 0) is 31.0 Å². The van der Waals surface area contributed by atoms with Gasteiger partial charge < -0.3 is 5.32 Å². The molecule has 1 aromatic heterocycles. The lowest BCUT2D eigenvalue weighted by Gasteiger charge is -2.09. The molecule has 0 aliphatic carbocycles. The Hall–Kier alpha value is -2.99. The number of fused-ring (bicyclic) bond motifs is 2. The highest BCUT2D eigenvalue weighted by Gasteiger charge is 2.11. The van der Waals surface area contributed by atoms with Crippen molar-refractivity contribution in [3.05, 3.63) is 54.1 Å². The molecule has 2 aromatic carbocycles. The van der Waals surface area contributed by atoms with E-state index in [-0.39, 0.29) is 18.2 Å². The van der Waals surface area contributed by atoms with E-state index >= 15 is 0 Å². The number of carbonyl (C=O) groups is 2. The highest BCUT2D eigenvalue weighted by Crippen LogP contribution is 2.22. The third kappa shape index (κ3) is 4.15. The van der Waals surface area contributed by atoms with Crippen LogP contribution in [0.15, 0.2) is 48.5 Å². The van der Waals surface area contributed by atoms with Gasteiger partial charge in [0.05, 0.1) is 16.6 Å². The molecule has 0 unspecified atom stereocenters. The molecule has 0 bridgehead atoms. The number of amides is 2. The van der Waals surface area contributed by atoms with E-state index in [1.807, 2.05) is 42.5 Å². The smallest absolute Gasteiger partial charge is 0.253 e. The summed E-state index contributed by atoms with van der Waals surface area (Å²) in [6.07, 6.45) is 2.52. The van der Waals surface area contributed by atoms with Crippen LogP contribution >= 0.6 is 0 Å². The summed E-state index contributed by atoms with van der Waals surface area (Å²) >= 11 is 0. The molecule has 1 heterocycles. The standard InChI is InChI=1S/C20H21N3O3/c24-18(23-26)11-2-1-5-12-21-20(25)16-9-6-8-15-13-14-7-3-4-10-17(14)22-19(15)16/h3-4,6-10,13,26H,1-2,5,11-12H2,(H,21,25)(H,23,24). The molecule has 3 N–H and O–H groups in total. The monoisotopic (exact) mass is 351 g/mol. The fraction of sp³-hybridized carbons (Fsp3) is 0.250. The second-order valence-electron chi connectivity index (χ2n) is 6.16. The topological polar surface area (TPSA) is 91.3 Å². The predicted molar refractivity (Wildman–Crippen MR) is 100.0 cm³/mol. The fourth-order valence-electron chi connectivity index (χ4n) is 2.93. The first kappa shape index (κ1) is 17.8. The van der Waals surface area contributed by atoms with Gasteiger partial charge in [0.15, 0.2) is 0 Å². The van der Waals surface area contributed by atoms with Crippen molar-refractivity contribution >= 4 is 33.6 Å². The van der Waals surface area contributed by atoms with Gasteiger partial charge in [-0.3, -0.25) is 14.8 Å². The quantitative estimate of drug-likeness (QED) is 0.264. The molecule has 0 spiro atoms. The third-order valence-corrected chi connectivity index (χ3v) is 4.28. The Morgan fingerprint density at radius 1 is 0.962 bits per heavy atom. The van der Waals surface area contributed by atoms with Crippen LogP contribution in [0.4, 0.5) is 0 Å². The van der Waals surface area contributed by atoms with E-state index in [4.69, 9.17) is 5.21 Å². The fourth-order valence-corrected chi connectivity index (χ4v) is 2.93. The molecule has 0 atom stereocenters. The van der Waals surface area contributed by atoms with E-state index in [1.165, 1.54) is 0 Å². The van der Waals surface area contributed by atoms with Crippen molar-refractivity contribution in [3.63, 3.8) is 0 Å². The van der Waals surface area contributed by atoms with Crippen LogP contribution in [-0.4, -0.2) is 28.6 Å². The van der Waals surface area contributed by atoms with Gasteiger partial charge in [-0.2, -0.15) is 0 Å². The van der Waals surface area contributed by atoms with Crippen LogP contribution in [0.2, 0.25) is 0 Å². The number of carbonyl (C=O) groups excluding carboxylic acids is 2. The Balaban J connectivity index is 1.65. The van der Waals surface area contributed by atoms with Crippen LogP contribution < -0.4 is 10.8 Å². The Morgan fingerprint density at radius 3 is 2.62 bits per heavy atom. The van der Waals surface area contributed by atoms with E-state index in [0.717, 1.165) is 29.1 Å². The van der Waals surface area contributed by atoms with Gasteiger partial charge in [0, 0.05) is 23.7 Å². The van der Waals surface area contributed by atoms with Gasteiger partial charge in [0.25, 0.3) is 5.91 Å². The van der Waals surface area contributed by atoms with Crippen LogP contribution in [0.1, 0.15) is 36.0 Å².